The summed E-state index contributed by atoms with van der Waals surface area (Å²) in [5, 5.41) is 13.2. The number of benzene rings is 1. The van der Waals surface area contributed by atoms with Crippen LogP contribution in [0.1, 0.15) is 31.5 Å². The van der Waals surface area contributed by atoms with E-state index in [9.17, 15) is 8.42 Å². The van der Waals surface area contributed by atoms with Gasteiger partial charge in [0.1, 0.15) is 11.6 Å². The van der Waals surface area contributed by atoms with Crippen LogP contribution in [-0.2, 0) is 10.0 Å². The Labute approximate surface area is 175 Å². The molecular formula is C20H24N6O3S. The van der Waals surface area contributed by atoms with E-state index in [-0.39, 0.29) is 4.90 Å². The Morgan fingerprint density at radius 1 is 1.00 bits per heavy atom. The lowest BCUT2D eigenvalue weighted by atomic mass is 10.3. The van der Waals surface area contributed by atoms with Crippen molar-refractivity contribution in [3.63, 3.8) is 0 Å². The van der Waals surface area contributed by atoms with Gasteiger partial charge >= 0.3 is 0 Å². The molecule has 0 spiro atoms. The first-order valence-corrected chi connectivity index (χ1v) is 11.7. The van der Waals surface area contributed by atoms with Crippen LogP contribution in [0.4, 0.5) is 5.82 Å². The molecule has 3 aromatic rings. The lowest BCUT2D eigenvalue weighted by Gasteiger charge is -2.34. The van der Waals surface area contributed by atoms with Crippen LogP contribution in [0, 0.1) is 0 Å². The van der Waals surface area contributed by atoms with Gasteiger partial charge in [-0.05, 0) is 56.2 Å². The Morgan fingerprint density at radius 2 is 1.73 bits per heavy atom. The predicted molar refractivity (Wildman–Crippen MR) is 111 cm³/mol. The third kappa shape index (κ3) is 3.50. The van der Waals surface area contributed by atoms with Gasteiger partial charge in [-0.25, -0.2) is 8.42 Å². The SMILES string of the molecule is CCOc1ccc(S(=O)(=O)N2CCN(c3ccc4nnc(C5CC5)n4n3)CC2)cc1. The van der Waals surface area contributed by atoms with Crippen molar-refractivity contribution in [2.24, 2.45) is 0 Å². The lowest BCUT2D eigenvalue weighted by Crippen LogP contribution is -2.49. The number of nitrogens with zero attached hydrogens (tertiary/aromatic N) is 6. The zero-order valence-corrected chi connectivity index (χ0v) is 17.6. The van der Waals surface area contributed by atoms with E-state index in [4.69, 9.17) is 9.84 Å². The summed E-state index contributed by atoms with van der Waals surface area (Å²) in [6.07, 6.45) is 2.27. The first kappa shape index (κ1) is 19.3. The number of hydrogen-bond acceptors (Lipinski definition) is 7. The van der Waals surface area contributed by atoms with Crippen molar-refractivity contribution in [3.8, 4) is 5.75 Å². The number of ether oxygens (including phenoxy) is 1. The Balaban J connectivity index is 1.30. The van der Waals surface area contributed by atoms with Gasteiger partial charge in [-0.15, -0.1) is 15.3 Å². The number of aromatic nitrogens is 4. The van der Waals surface area contributed by atoms with E-state index in [0.29, 0.717) is 44.5 Å². The second kappa shape index (κ2) is 7.51. The number of fused-ring (bicyclic) bond motifs is 1. The van der Waals surface area contributed by atoms with Crippen molar-refractivity contribution in [2.45, 2.75) is 30.6 Å². The summed E-state index contributed by atoms with van der Waals surface area (Å²) < 4.78 is 34.8. The normalized spacial score (nSPS) is 18.1. The van der Waals surface area contributed by atoms with Crippen LogP contribution in [0.25, 0.3) is 5.65 Å². The first-order chi connectivity index (χ1) is 14.6. The molecule has 1 saturated carbocycles. The van der Waals surface area contributed by atoms with E-state index in [1.807, 2.05) is 23.6 Å². The fraction of sp³-hybridized carbons (Fsp3) is 0.450. The molecule has 1 aliphatic carbocycles. The topological polar surface area (TPSA) is 92.9 Å². The van der Waals surface area contributed by atoms with Crippen molar-refractivity contribution >= 4 is 21.5 Å². The van der Waals surface area contributed by atoms with E-state index in [2.05, 4.69) is 15.1 Å². The van der Waals surface area contributed by atoms with Crippen LogP contribution in [-0.4, -0.2) is 65.3 Å². The summed E-state index contributed by atoms with van der Waals surface area (Å²) in [6, 6.07) is 10.5. The summed E-state index contributed by atoms with van der Waals surface area (Å²) >= 11 is 0. The van der Waals surface area contributed by atoms with E-state index >= 15 is 0 Å². The monoisotopic (exact) mass is 428 g/mol. The molecule has 0 radical (unpaired) electrons. The molecule has 5 rings (SSSR count). The smallest absolute Gasteiger partial charge is 0.243 e. The van der Waals surface area contributed by atoms with Gasteiger partial charge in [-0.1, -0.05) is 0 Å². The van der Waals surface area contributed by atoms with Crippen molar-refractivity contribution in [1.29, 1.82) is 0 Å². The summed E-state index contributed by atoms with van der Waals surface area (Å²) in [5.41, 5.74) is 0.748. The molecule has 10 heteroatoms. The first-order valence-electron chi connectivity index (χ1n) is 10.3. The van der Waals surface area contributed by atoms with E-state index < -0.39 is 10.0 Å². The second-order valence-corrected chi connectivity index (χ2v) is 9.53. The molecule has 1 saturated heterocycles. The van der Waals surface area contributed by atoms with E-state index in [1.54, 1.807) is 24.3 Å². The molecule has 2 fully saturated rings. The zero-order chi connectivity index (χ0) is 20.7. The highest BCUT2D eigenvalue weighted by Gasteiger charge is 2.31. The fourth-order valence-corrected chi connectivity index (χ4v) is 5.16. The van der Waals surface area contributed by atoms with Gasteiger partial charge in [0, 0.05) is 32.1 Å². The molecular weight excluding hydrogens is 404 g/mol. The minimum atomic E-state index is -3.53. The van der Waals surface area contributed by atoms with E-state index in [0.717, 1.165) is 30.1 Å². The van der Waals surface area contributed by atoms with Gasteiger partial charge in [-0.3, -0.25) is 0 Å². The molecule has 0 amide bonds. The predicted octanol–water partition coefficient (Wildman–Crippen LogP) is 1.91. The molecule has 9 nitrogen and oxygen atoms in total. The van der Waals surface area contributed by atoms with Gasteiger partial charge in [0.05, 0.1) is 11.5 Å². The van der Waals surface area contributed by atoms with E-state index in [1.165, 1.54) is 4.31 Å². The van der Waals surface area contributed by atoms with Crippen LogP contribution < -0.4 is 9.64 Å². The highest BCUT2D eigenvalue weighted by molar-refractivity contribution is 7.89. The Bertz CT molecular complexity index is 1150. The van der Waals surface area contributed by atoms with Gasteiger partial charge in [-0.2, -0.15) is 8.82 Å². The summed E-state index contributed by atoms with van der Waals surface area (Å²) in [6.45, 7) is 4.42. The summed E-state index contributed by atoms with van der Waals surface area (Å²) in [7, 11) is -3.53. The average molecular weight is 429 g/mol. The highest BCUT2D eigenvalue weighted by atomic mass is 32.2. The molecule has 1 aromatic carbocycles. The standard InChI is InChI=1S/C20H24N6O3S/c1-2-29-16-5-7-17(8-6-16)30(27,28)25-13-11-24(12-14-25)19-10-9-18-21-22-20(15-3-4-15)26(18)23-19/h5-10,15H,2-4,11-14H2,1H3. The van der Waals surface area contributed by atoms with Crippen LogP contribution in [0.15, 0.2) is 41.3 Å². The fourth-order valence-electron chi connectivity index (χ4n) is 3.74. The molecule has 2 aliphatic rings. The molecule has 30 heavy (non-hydrogen) atoms. The maximum absolute atomic E-state index is 13.0. The van der Waals surface area contributed by atoms with Gasteiger partial charge in [0.25, 0.3) is 0 Å². The third-order valence-electron chi connectivity index (χ3n) is 5.55. The maximum Gasteiger partial charge on any atom is 0.243 e. The number of anilines is 1. The zero-order valence-electron chi connectivity index (χ0n) is 16.8. The quantitative estimate of drug-likeness (QED) is 0.592. The maximum atomic E-state index is 13.0. The molecule has 0 unspecified atom stereocenters. The van der Waals surface area contributed by atoms with Gasteiger partial charge in [0.15, 0.2) is 11.5 Å². The molecule has 3 heterocycles. The third-order valence-corrected chi connectivity index (χ3v) is 7.46. The van der Waals surface area contributed by atoms with Crippen molar-refractivity contribution in [3.05, 3.63) is 42.2 Å². The summed E-state index contributed by atoms with van der Waals surface area (Å²) in [5.74, 6) is 2.87. The molecule has 1 aliphatic heterocycles. The van der Waals surface area contributed by atoms with Crippen molar-refractivity contribution < 1.29 is 13.2 Å². The lowest BCUT2D eigenvalue weighted by molar-refractivity contribution is 0.340. The molecule has 0 N–H and O–H groups in total. The van der Waals surface area contributed by atoms with Crippen molar-refractivity contribution in [1.82, 2.24) is 24.1 Å². The minimum Gasteiger partial charge on any atom is -0.494 e. The highest BCUT2D eigenvalue weighted by Crippen LogP contribution is 2.38. The van der Waals surface area contributed by atoms with Crippen LogP contribution >= 0.6 is 0 Å². The number of sulfonamides is 1. The Kier molecular flexibility index (Phi) is 4.82. The minimum absolute atomic E-state index is 0.289. The molecule has 158 valence electrons. The Hall–Kier alpha value is -2.72. The second-order valence-electron chi connectivity index (χ2n) is 7.59. The Morgan fingerprint density at radius 3 is 2.40 bits per heavy atom. The largest absolute Gasteiger partial charge is 0.494 e. The molecule has 2 aromatic heterocycles. The molecule has 0 bridgehead atoms. The van der Waals surface area contributed by atoms with Crippen LogP contribution in [0.5, 0.6) is 5.75 Å². The number of piperazine rings is 1. The number of rotatable bonds is 6. The van der Waals surface area contributed by atoms with Crippen LogP contribution in [0.2, 0.25) is 0 Å². The number of hydrogen-bond donors (Lipinski definition) is 0. The summed E-state index contributed by atoms with van der Waals surface area (Å²) in [4.78, 5) is 2.40. The molecule has 0 atom stereocenters. The van der Waals surface area contributed by atoms with Gasteiger partial charge in [0.2, 0.25) is 10.0 Å². The van der Waals surface area contributed by atoms with Gasteiger partial charge < -0.3 is 9.64 Å². The average Bonchev–Trinajstić information content (AvgIpc) is 3.53. The van der Waals surface area contributed by atoms with Crippen LogP contribution in [0.3, 0.4) is 0 Å². The van der Waals surface area contributed by atoms with Crippen molar-refractivity contribution in [2.75, 3.05) is 37.7 Å².